The first-order chi connectivity index (χ1) is 12.6. The Balaban J connectivity index is 1.85. The standard InChI is InChI=1S/C20H21FN2O3/c1-26-12-6-11-22-19(24)18-15-8-3-4-9-16(15)20(25)23(18)13-14-7-2-5-10-17(14)21/h2-5,7-10,18H,6,11-13H2,1H3,(H,22,24)/t18-/m1/s1. The van der Waals surface area contributed by atoms with Gasteiger partial charge in [0.2, 0.25) is 5.91 Å². The zero-order valence-corrected chi connectivity index (χ0v) is 14.6. The van der Waals surface area contributed by atoms with E-state index in [0.717, 1.165) is 0 Å². The third-order valence-electron chi connectivity index (χ3n) is 4.43. The predicted molar refractivity (Wildman–Crippen MR) is 95.0 cm³/mol. The third kappa shape index (κ3) is 3.60. The number of hydrogen-bond acceptors (Lipinski definition) is 3. The van der Waals surface area contributed by atoms with Gasteiger partial charge in [0.15, 0.2) is 0 Å². The lowest BCUT2D eigenvalue weighted by atomic mass is 10.0. The summed E-state index contributed by atoms with van der Waals surface area (Å²) in [4.78, 5) is 27.0. The molecule has 0 unspecified atom stereocenters. The maximum Gasteiger partial charge on any atom is 0.255 e. The van der Waals surface area contributed by atoms with Crippen LogP contribution < -0.4 is 5.32 Å². The van der Waals surface area contributed by atoms with Gasteiger partial charge in [0.1, 0.15) is 11.9 Å². The fourth-order valence-corrected chi connectivity index (χ4v) is 3.15. The normalized spacial score (nSPS) is 15.8. The number of carbonyl (C=O) groups excluding carboxylic acids is 2. The number of fused-ring (bicyclic) bond motifs is 1. The highest BCUT2D eigenvalue weighted by Gasteiger charge is 2.40. The van der Waals surface area contributed by atoms with Crippen molar-refractivity contribution in [3.63, 3.8) is 0 Å². The van der Waals surface area contributed by atoms with Crippen molar-refractivity contribution < 1.29 is 18.7 Å². The maximum absolute atomic E-state index is 14.1. The molecule has 3 rings (SSSR count). The van der Waals surface area contributed by atoms with Gasteiger partial charge in [-0.05, 0) is 24.1 Å². The number of halogens is 1. The number of rotatable bonds is 7. The lowest BCUT2D eigenvalue weighted by Gasteiger charge is -2.25. The summed E-state index contributed by atoms with van der Waals surface area (Å²) in [6.45, 7) is 1.03. The molecular weight excluding hydrogens is 335 g/mol. The van der Waals surface area contributed by atoms with E-state index in [4.69, 9.17) is 4.74 Å². The van der Waals surface area contributed by atoms with Crippen molar-refractivity contribution in [2.24, 2.45) is 0 Å². The number of hydrogen-bond donors (Lipinski definition) is 1. The molecule has 5 nitrogen and oxygen atoms in total. The van der Waals surface area contributed by atoms with Crippen LogP contribution in [0.1, 0.15) is 33.9 Å². The number of nitrogens with one attached hydrogen (secondary N) is 1. The van der Waals surface area contributed by atoms with Crippen molar-refractivity contribution in [3.8, 4) is 0 Å². The quantitative estimate of drug-likeness (QED) is 0.776. The van der Waals surface area contributed by atoms with Crippen LogP contribution in [-0.4, -0.2) is 37.0 Å². The molecule has 0 saturated carbocycles. The summed E-state index contributed by atoms with van der Waals surface area (Å²) in [5.74, 6) is -0.924. The van der Waals surface area contributed by atoms with Gasteiger partial charge >= 0.3 is 0 Å². The van der Waals surface area contributed by atoms with Crippen molar-refractivity contribution in [3.05, 3.63) is 71.0 Å². The summed E-state index contributed by atoms with van der Waals surface area (Å²) in [6, 6.07) is 12.5. The molecule has 1 aliphatic heterocycles. The second-order valence-electron chi connectivity index (χ2n) is 6.15. The van der Waals surface area contributed by atoms with E-state index in [1.807, 2.05) is 0 Å². The molecule has 0 aliphatic carbocycles. The number of benzene rings is 2. The van der Waals surface area contributed by atoms with Gasteiger partial charge in [0.05, 0.1) is 6.54 Å². The summed E-state index contributed by atoms with van der Waals surface area (Å²) in [6.07, 6.45) is 0.678. The van der Waals surface area contributed by atoms with Crippen LogP contribution in [0.15, 0.2) is 48.5 Å². The van der Waals surface area contributed by atoms with Crippen LogP contribution in [0.5, 0.6) is 0 Å². The topological polar surface area (TPSA) is 58.6 Å². The molecule has 1 aliphatic rings. The summed E-state index contributed by atoms with van der Waals surface area (Å²) in [7, 11) is 1.60. The zero-order valence-electron chi connectivity index (χ0n) is 14.6. The van der Waals surface area contributed by atoms with Crippen molar-refractivity contribution in [1.82, 2.24) is 10.2 Å². The molecule has 6 heteroatoms. The molecule has 0 radical (unpaired) electrons. The molecule has 1 N–H and O–H groups in total. The van der Waals surface area contributed by atoms with E-state index in [1.165, 1.54) is 11.0 Å². The predicted octanol–water partition coefficient (Wildman–Crippen LogP) is 2.68. The maximum atomic E-state index is 14.1. The van der Waals surface area contributed by atoms with Crippen LogP contribution in [0, 0.1) is 5.82 Å². The summed E-state index contributed by atoms with van der Waals surface area (Å²) < 4.78 is 19.0. The summed E-state index contributed by atoms with van der Waals surface area (Å²) >= 11 is 0. The molecule has 0 aromatic heterocycles. The minimum Gasteiger partial charge on any atom is -0.385 e. The Kier molecular flexibility index (Phi) is 5.63. The number of nitrogens with zero attached hydrogens (tertiary/aromatic N) is 1. The van der Waals surface area contributed by atoms with E-state index in [1.54, 1.807) is 49.6 Å². The fraction of sp³-hybridized carbons (Fsp3) is 0.300. The smallest absolute Gasteiger partial charge is 0.255 e. The molecule has 1 heterocycles. The molecule has 1 atom stereocenters. The van der Waals surface area contributed by atoms with E-state index in [9.17, 15) is 14.0 Å². The minimum absolute atomic E-state index is 0.0380. The minimum atomic E-state index is -0.763. The molecule has 0 bridgehead atoms. The van der Waals surface area contributed by atoms with E-state index < -0.39 is 11.9 Å². The van der Waals surface area contributed by atoms with Crippen LogP contribution in [0.4, 0.5) is 4.39 Å². The Bertz CT molecular complexity index is 809. The van der Waals surface area contributed by atoms with Crippen LogP contribution in [0.2, 0.25) is 0 Å². The van der Waals surface area contributed by atoms with Gasteiger partial charge < -0.3 is 15.0 Å². The highest BCUT2D eigenvalue weighted by Crippen LogP contribution is 2.35. The lowest BCUT2D eigenvalue weighted by Crippen LogP contribution is -2.39. The van der Waals surface area contributed by atoms with Crippen molar-refractivity contribution >= 4 is 11.8 Å². The van der Waals surface area contributed by atoms with Crippen LogP contribution in [0.3, 0.4) is 0 Å². The molecule has 0 spiro atoms. The molecule has 136 valence electrons. The highest BCUT2D eigenvalue weighted by molar-refractivity contribution is 6.04. The first-order valence-corrected chi connectivity index (χ1v) is 8.53. The van der Waals surface area contributed by atoms with E-state index in [0.29, 0.717) is 36.3 Å². The van der Waals surface area contributed by atoms with E-state index in [-0.39, 0.29) is 18.4 Å². The van der Waals surface area contributed by atoms with Gasteiger partial charge in [-0.2, -0.15) is 0 Å². The Morgan fingerprint density at radius 2 is 1.92 bits per heavy atom. The van der Waals surface area contributed by atoms with Gasteiger partial charge in [-0.1, -0.05) is 36.4 Å². The number of methoxy groups -OCH3 is 1. The van der Waals surface area contributed by atoms with Crippen LogP contribution in [-0.2, 0) is 16.1 Å². The van der Waals surface area contributed by atoms with Gasteiger partial charge in [0, 0.05) is 31.4 Å². The Morgan fingerprint density at radius 3 is 2.69 bits per heavy atom. The number of amides is 2. The monoisotopic (exact) mass is 356 g/mol. The molecule has 2 aromatic carbocycles. The highest BCUT2D eigenvalue weighted by atomic mass is 19.1. The van der Waals surface area contributed by atoms with Gasteiger partial charge in [-0.25, -0.2) is 4.39 Å². The molecule has 0 fully saturated rings. The molecule has 2 aromatic rings. The lowest BCUT2D eigenvalue weighted by molar-refractivity contribution is -0.125. The van der Waals surface area contributed by atoms with Gasteiger partial charge in [-0.15, -0.1) is 0 Å². The Labute approximate surface area is 151 Å². The Morgan fingerprint density at radius 1 is 1.19 bits per heavy atom. The number of carbonyl (C=O) groups is 2. The van der Waals surface area contributed by atoms with Crippen molar-refractivity contribution in [1.29, 1.82) is 0 Å². The second kappa shape index (κ2) is 8.10. The fourth-order valence-electron chi connectivity index (χ4n) is 3.15. The number of ether oxygens (including phenoxy) is 1. The van der Waals surface area contributed by atoms with Gasteiger partial charge in [-0.3, -0.25) is 9.59 Å². The van der Waals surface area contributed by atoms with Gasteiger partial charge in [0.25, 0.3) is 5.91 Å². The van der Waals surface area contributed by atoms with Crippen molar-refractivity contribution in [2.75, 3.05) is 20.3 Å². The molecule has 26 heavy (non-hydrogen) atoms. The molecule has 2 amide bonds. The van der Waals surface area contributed by atoms with Crippen molar-refractivity contribution in [2.45, 2.75) is 19.0 Å². The molecule has 0 saturated heterocycles. The SMILES string of the molecule is COCCCNC(=O)[C@H]1c2ccccc2C(=O)N1Cc1ccccc1F. The largest absolute Gasteiger partial charge is 0.385 e. The van der Waals surface area contributed by atoms with Crippen LogP contribution >= 0.6 is 0 Å². The average molecular weight is 356 g/mol. The summed E-state index contributed by atoms with van der Waals surface area (Å²) in [5.41, 5.74) is 1.52. The third-order valence-corrected chi connectivity index (χ3v) is 4.43. The van der Waals surface area contributed by atoms with E-state index in [2.05, 4.69) is 5.32 Å². The second-order valence-corrected chi connectivity index (χ2v) is 6.15. The first-order valence-electron chi connectivity index (χ1n) is 8.53. The van der Waals surface area contributed by atoms with Crippen LogP contribution in [0.25, 0.3) is 0 Å². The average Bonchev–Trinajstić information content (AvgIpc) is 2.93. The first kappa shape index (κ1) is 18.1. The molecular formula is C20H21FN2O3. The Hall–Kier alpha value is -2.73. The van der Waals surface area contributed by atoms with E-state index >= 15 is 0 Å². The zero-order chi connectivity index (χ0) is 18.5. The summed E-state index contributed by atoms with van der Waals surface area (Å²) in [5, 5.41) is 2.84.